The molecule has 1 aliphatic heterocycles. The highest BCUT2D eigenvalue weighted by Crippen LogP contribution is 2.41. The fraction of sp³-hybridized carbons (Fsp3) is 0.304. The van der Waals surface area contributed by atoms with Crippen LogP contribution in [0.25, 0.3) is 11.1 Å². The molecule has 2 N–H and O–H groups in total. The molecule has 0 saturated carbocycles. The lowest BCUT2D eigenvalue weighted by Crippen LogP contribution is -2.25. The Bertz CT molecular complexity index is 1110. The largest absolute Gasteiger partial charge is 0.501 e. The van der Waals surface area contributed by atoms with E-state index in [1.165, 1.54) is 0 Å². The molecule has 0 bridgehead atoms. The Balaban J connectivity index is 1.88. The molecule has 0 radical (unpaired) electrons. The number of ether oxygens (including phenoxy) is 1. The number of rotatable bonds is 4. The summed E-state index contributed by atoms with van der Waals surface area (Å²) in [5, 5.41) is 1.07. The van der Waals surface area contributed by atoms with Crippen LogP contribution < -0.4 is 5.73 Å². The number of hydrogen-bond acceptors (Lipinski definition) is 4. The third-order valence-corrected chi connectivity index (χ3v) is 6.18. The van der Waals surface area contributed by atoms with Gasteiger partial charge in [-0.1, -0.05) is 42.3 Å². The van der Waals surface area contributed by atoms with Gasteiger partial charge in [-0.2, -0.15) is 0 Å². The van der Waals surface area contributed by atoms with Gasteiger partial charge >= 0.3 is 0 Å². The fourth-order valence-corrected chi connectivity index (χ4v) is 4.70. The van der Waals surface area contributed by atoms with Gasteiger partial charge in [-0.15, -0.1) is 0 Å². The number of hydrogen-bond donors (Lipinski definition) is 1. The summed E-state index contributed by atoms with van der Waals surface area (Å²) in [5.74, 6) is 1.00. The molecule has 30 heavy (non-hydrogen) atoms. The number of methoxy groups -OCH3 is 1. The topological polar surface area (TPSA) is 68.4 Å². The number of benzene rings is 1. The Morgan fingerprint density at radius 1 is 1.33 bits per heavy atom. The van der Waals surface area contributed by atoms with Crippen molar-refractivity contribution < 1.29 is 9.53 Å². The third kappa shape index (κ3) is 3.51. The van der Waals surface area contributed by atoms with Crippen molar-refractivity contribution in [3.8, 4) is 11.1 Å². The van der Waals surface area contributed by atoms with Crippen LogP contribution in [0.4, 0.5) is 0 Å². The molecule has 7 heteroatoms. The number of nitrogens with zero attached hydrogens (tertiary/aromatic N) is 2. The number of nitrogens with two attached hydrogens (primary N) is 1. The average molecular weight is 444 g/mol. The lowest BCUT2D eigenvalue weighted by Gasteiger charge is -2.24. The number of allylic oxidation sites excluding steroid dienone is 3. The van der Waals surface area contributed by atoms with Crippen LogP contribution in [0.1, 0.15) is 40.7 Å². The summed E-state index contributed by atoms with van der Waals surface area (Å²) in [6.07, 6.45) is 4.84. The molecule has 2 aliphatic rings. The molecule has 2 aromatic rings. The minimum Gasteiger partial charge on any atom is -0.501 e. The molecule has 1 aliphatic carbocycles. The summed E-state index contributed by atoms with van der Waals surface area (Å²) in [5.41, 5.74) is 11.5. The van der Waals surface area contributed by atoms with Crippen LogP contribution in [-0.4, -0.2) is 22.9 Å². The molecule has 156 valence electrons. The second-order valence-electron chi connectivity index (χ2n) is 7.69. The molecular weight excluding hydrogens is 421 g/mol. The van der Waals surface area contributed by atoms with Crippen LogP contribution in [0.3, 0.4) is 0 Å². The zero-order chi connectivity index (χ0) is 21.6. The van der Waals surface area contributed by atoms with Crippen molar-refractivity contribution in [3.05, 3.63) is 74.4 Å². The maximum Gasteiger partial charge on any atom is 0.277 e. The van der Waals surface area contributed by atoms with Crippen molar-refractivity contribution in [3.63, 3.8) is 0 Å². The van der Waals surface area contributed by atoms with Crippen LogP contribution in [0, 0.1) is 12.8 Å². The van der Waals surface area contributed by atoms with Crippen molar-refractivity contribution in [1.29, 1.82) is 0 Å². The minimum absolute atomic E-state index is 0.130. The summed E-state index contributed by atoms with van der Waals surface area (Å²) < 4.78 is 5.46. The molecule has 1 unspecified atom stereocenters. The molecule has 1 aromatic heterocycles. The van der Waals surface area contributed by atoms with Gasteiger partial charge < -0.3 is 15.4 Å². The summed E-state index contributed by atoms with van der Waals surface area (Å²) in [7, 11) is 1.65. The highest BCUT2D eigenvalue weighted by molar-refractivity contribution is 6.36. The Hall–Kier alpha value is -2.34. The van der Waals surface area contributed by atoms with Crippen molar-refractivity contribution in [2.45, 2.75) is 33.4 Å². The number of carbonyl (C=O) groups excluding carboxylic acids is 1. The van der Waals surface area contributed by atoms with Gasteiger partial charge in [0.05, 0.1) is 19.4 Å². The molecule has 5 nitrogen and oxygen atoms in total. The zero-order valence-corrected chi connectivity index (χ0v) is 18.6. The Labute approximate surface area is 186 Å². The van der Waals surface area contributed by atoms with Gasteiger partial charge in [-0.3, -0.25) is 4.79 Å². The average Bonchev–Trinajstić information content (AvgIpc) is 3.03. The van der Waals surface area contributed by atoms with E-state index in [1.54, 1.807) is 24.1 Å². The van der Waals surface area contributed by atoms with Gasteiger partial charge in [0, 0.05) is 45.5 Å². The maximum atomic E-state index is 13.3. The number of carbonyl (C=O) groups is 1. The first-order valence-electron chi connectivity index (χ1n) is 9.80. The second kappa shape index (κ2) is 8.06. The number of aryl methyl sites for hydroxylation is 1. The van der Waals surface area contributed by atoms with E-state index in [1.807, 2.05) is 19.1 Å². The lowest BCUT2D eigenvalue weighted by molar-refractivity contribution is 0.0824. The predicted molar refractivity (Wildman–Crippen MR) is 119 cm³/mol. The molecule has 0 spiro atoms. The third-order valence-electron chi connectivity index (χ3n) is 5.64. The van der Waals surface area contributed by atoms with E-state index in [2.05, 4.69) is 18.0 Å². The summed E-state index contributed by atoms with van der Waals surface area (Å²) in [6, 6.07) is 5.37. The summed E-state index contributed by atoms with van der Waals surface area (Å²) in [6.45, 7) is 4.67. The number of halogens is 2. The molecule has 1 aromatic carbocycles. The van der Waals surface area contributed by atoms with Crippen LogP contribution >= 0.6 is 23.2 Å². The number of fused-ring (bicyclic) bond motifs is 1. The summed E-state index contributed by atoms with van der Waals surface area (Å²) in [4.78, 5) is 19.7. The Morgan fingerprint density at radius 2 is 2.10 bits per heavy atom. The number of amides is 1. The standard InChI is InChI=1S/C23H23Cl2N3O2/c1-12-6-15(9-16(7-12)30-3)28-11-19-21(17-5-4-14(24)8-20(17)25)18(10-26)13(2)27-22(19)23(28)29/h4-6,8-9,12H,7,10-11,26H2,1-3H3. The molecule has 0 saturated heterocycles. The van der Waals surface area contributed by atoms with Gasteiger partial charge in [-0.05, 0) is 42.2 Å². The Morgan fingerprint density at radius 3 is 2.77 bits per heavy atom. The first-order chi connectivity index (χ1) is 14.3. The van der Waals surface area contributed by atoms with E-state index in [9.17, 15) is 4.79 Å². The molecule has 1 amide bonds. The Kier molecular flexibility index (Phi) is 5.62. The molecule has 4 rings (SSSR count). The molecule has 2 heterocycles. The first-order valence-corrected chi connectivity index (χ1v) is 10.6. The van der Waals surface area contributed by atoms with E-state index in [0.29, 0.717) is 28.8 Å². The zero-order valence-electron chi connectivity index (χ0n) is 17.1. The van der Waals surface area contributed by atoms with Gasteiger partial charge in [0.25, 0.3) is 5.91 Å². The quantitative estimate of drug-likeness (QED) is 0.701. The highest BCUT2D eigenvalue weighted by atomic mass is 35.5. The van der Waals surface area contributed by atoms with Crippen molar-refractivity contribution in [2.24, 2.45) is 11.7 Å². The predicted octanol–water partition coefficient (Wildman–Crippen LogP) is 5.23. The van der Waals surface area contributed by atoms with Crippen LogP contribution in [0.15, 0.2) is 41.8 Å². The van der Waals surface area contributed by atoms with Crippen molar-refractivity contribution in [1.82, 2.24) is 9.88 Å². The van der Waals surface area contributed by atoms with Gasteiger partial charge in [0.1, 0.15) is 5.69 Å². The van der Waals surface area contributed by atoms with Crippen molar-refractivity contribution >= 4 is 29.1 Å². The van der Waals surface area contributed by atoms with Crippen LogP contribution in [0.5, 0.6) is 0 Å². The van der Waals surface area contributed by atoms with E-state index in [-0.39, 0.29) is 11.8 Å². The van der Waals surface area contributed by atoms with Crippen molar-refractivity contribution in [2.75, 3.05) is 7.11 Å². The van der Waals surface area contributed by atoms with Gasteiger partial charge in [0.2, 0.25) is 0 Å². The maximum absolute atomic E-state index is 13.3. The fourth-order valence-electron chi connectivity index (χ4n) is 4.20. The van der Waals surface area contributed by atoms with Crippen LogP contribution in [-0.2, 0) is 17.8 Å². The number of pyridine rings is 1. The normalized spacial score (nSPS) is 18.3. The van der Waals surface area contributed by atoms with E-state index >= 15 is 0 Å². The molecular formula is C23H23Cl2N3O2. The molecule has 1 atom stereocenters. The smallest absolute Gasteiger partial charge is 0.277 e. The first kappa shape index (κ1) is 20.9. The van der Waals surface area contributed by atoms with Gasteiger partial charge in [0.15, 0.2) is 0 Å². The highest BCUT2D eigenvalue weighted by Gasteiger charge is 2.36. The van der Waals surface area contributed by atoms with Crippen LogP contribution in [0.2, 0.25) is 10.0 Å². The van der Waals surface area contributed by atoms with E-state index in [0.717, 1.165) is 45.8 Å². The monoisotopic (exact) mass is 443 g/mol. The second-order valence-corrected chi connectivity index (χ2v) is 8.53. The SMILES string of the molecule is COC1=CC(N2Cc3c(nc(C)c(CN)c3-c3ccc(Cl)cc3Cl)C2=O)=CC(C)C1. The van der Waals surface area contributed by atoms with Gasteiger partial charge in [-0.25, -0.2) is 4.98 Å². The number of aromatic nitrogens is 1. The van der Waals surface area contributed by atoms with E-state index in [4.69, 9.17) is 33.7 Å². The molecule has 0 fully saturated rings. The lowest BCUT2D eigenvalue weighted by atomic mass is 9.93. The van der Waals surface area contributed by atoms with E-state index < -0.39 is 0 Å². The summed E-state index contributed by atoms with van der Waals surface area (Å²) >= 11 is 12.6. The minimum atomic E-state index is -0.130.